The smallest absolute Gasteiger partial charge is 0.130 e. The summed E-state index contributed by atoms with van der Waals surface area (Å²) in [7, 11) is 1.36. The summed E-state index contributed by atoms with van der Waals surface area (Å²) in [5, 5.41) is 3.46. The molecule has 0 aliphatic heterocycles. The highest BCUT2D eigenvalue weighted by Crippen LogP contribution is 2.32. The predicted octanol–water partition coefficient (Wildman–Crippen LogP) is 5.53. The van der Waals surface area contributed by atoms with Gasteiger partial charge in [-0.15, -0.1) is 12.8 Å². The highest BCUT2D eigenvalue weighted by Gasteiger charge is 2.03. The average Bonchev–Trinajstić information content (AvgIpc) is 2.73. The van der Waals surface area contributed by atoms with Crippen LogP contribution in [0.25, 0.3) is 11.8 Å². The fourth-order valence-electron chi connectivity index (χ4n) is 2.55. The number of ketones is 1. The molecule has 29 heavy (non-hydrogen) atoms. The van der Waals surface area contributed by atoms with Crippen LogP contribution in [0.4, 0.5) is 0 Å². The number of terminal acetylenes is 1. The van der Waals surface area contributed by atoms with E-state index < -0.39 is 0 Å². The number of nitrogens with zero attached hydrogens (tertiary/aromatic N) is 1. The molecule has 5 heteroatoms. The number of allylic oxidation sites excluding steroid dienone is 3. The van der Waals surface area contributed by atoms with Crippen LogP contribution < -0.4 is 5.32 Å². The van der Waals surface area contributed by atoms with Crippen LogP contribution in [-0.2, 0) is 22.2 Å². The van der Waals surface area contributed by atoms with E-state index in [4.69, 9.17) is 4.74 Å². The number of aryl methyl sites for hydroxylation is 1. The highest BCUT2D eigenvalue weighted by molar-refractivity contribution is 7.45. The zero-order chi connectivity index (χ0) is 21.5. The third-order valence-electron chi connectivity index (χ3n) is 4.19. The Kier molecular flexibility index (Phi) is 12.0. The molecule has 0 spiro atoms. The first-order chi connectivity index (χ1) is 14.1. The summed E-state index contributed by atoms with van der Waals surface area (Å²) >= 11 is 0. The van der Waals surface area contributed by atoms with Crippen LogP contribution in [0.5, 0.6) is 0 Å². The molecule has 0 radical (unpaired) electrons. The summed E-state index contributed by atoms with van der Waals surface area (Å²) in [5.74, 6) is 2.51. The summed E-state index contributed by atoms with van der Waals surface area (Å²) in [4.78, 5) is 11.1. The number of hydrogen-bond donors (Lipinski definition) is 1. The number of benzene rings is 1. The third-order valence-corrected chi connectivity index (χ3v) is 6.05. The van der Waals surface area contributed by atoms with Crippen LogP contribution >= 0.6 is 7.69 Å². The number of rotatable bonds is 11. The van der Waals surface area contributed by atoms with Crippen molar-refractivity contribution in [1.29, 1.82) is 0 Å². The number of carbonyl (C=O) groups excluding carboxylic acids is 1. The Balaban J connectivity index is 0.00000204. The summed E-state index contributed by atoms with van der Waals surface area (Å²) < 4.78 is 7.15. The number of aromatic nitrogens is 1. The normalized spacial score (nSPS) is 12.2. The largest absolute Gasteiger partial charge is 0.504 e. The molecule has 1 unspecified atom stereocenters. The van der Waals surface area contributed by atoms with Gasteiger partial charge in [-0.25, -0.2) is 0 Å². The van der Waals surface area contributed by atoms with Gasteiger partial charge in [0.15, 0.2) is 0 Å². The molecule has 0 aliphatic rings. The minimum absolute atomic E-state index is 0.239. The maximum atomic E-state index is 11.1. The van der Waals surface area contributed by atoms with Crippen molar-refractivity contribution >= 4 is 25.2 Å². The van der Waals surface area contributed by atoms with Gasteiger partial charge in [-0.3, -0.25) is 0 Å². The quantitative estimate of drug-likeness (QED) is 0.229. The second-order valence-corrected chi connectivity index (χ2v) is 8.39. The van der Waals surface area contributed by atoms with Crippen LogP contribution in [0.15, 0.2) is 60.8 Å². The second-order valence-electron chi connectivity index (χ2n) is 6.43. The molecule has 1 N–H and O–H groups in total. The molecule has 2 rings (SSSR count). The molecule has 1 heterocycles. The van der Waals surface area contributed by atoms with Crippen LogP contribution in [0.1, 0.15) is 31.4 Å². The van der Waals surface area contributed by atoms with Crippen molar-refractivity contribution < 1.29 is 9.53 Å². The topological polar surface area (TPSA) is 43.3 Å². The van der Waals surface area contributed by atoms with Gasteiger partial charge in [0.1, 0.15) is 5.78 Å². The van der Waals surface area contributed by atoms with Gasteiger partial charge < -0.3 is 19.2 Å². The molecule has 0 amide bonds. The fraction of sp³-hybridized carbons (Fsp3) is 0.292. The zero-order valence-corrected chi connectivity index (χ0v) is 18.4. The standard InChI is InChI=1S/C22H29N2O2P.C2H2/c1-19(22-11-9-21(10-12-22)8-7-20(2)25)17-24-14-16-27(24)18-23-13-5-4-6-15-26-3;1-2/h4-6,9-12,14-17,23H,7-8,13,18H2,1-3H3;1-2H/b5-4+,15-6-,19-17+;. The van der Waals surface area contributed by atoms with E-state index in [2.05, 4.69) is 78.0 Å². The zero-order valence-electron chi connectivity index (χ0n) is 17.5. The monoisotopic (exact) mass is 410 g/mol. The van der Waals surface area contributed by atoms with Gasteiger partial charge in [0.2, 0.25) is 0 Å². The Labute approximate surface area is 176 Å². The Morgan fingerprint density at radius 2 is 1.93 bits per heavy atom. The molecule has 4 nitrogen and oxygen atoms in total. The number of ether oxygens (including phenoxy) is 1. The Bertz CT molecular complexity index is 836. The number of nitrogens with one attached hydrogen (secondary N) is 1. The molecule has 154 valence electrons. The van der Waals surface area contributed by atoms with Crippen molar-refractivity contribution in [2.24, 2.45) is 0 Å². The first kappa shape index (κ1) is 24.3. The first-order valence-electron chi connectivity index (χ1n) is 9.49. The molecule has 0 fully saturated rings. The van der Waals surface area contributed by atoms with Gasteiger partial charge in [0.05, 0.1) is 13.4 Å². The summed E-state index contributed by atoms with van der Waals surface area (Å²) in [6.07, 6.45) is 22.3. The molecule has 0 saturated heterocycles. The van der Waals surface area contributed by atoms with Crippen LogP contribution in [0.3, 0.4) is 0 Å². The third kappa shape index (κ3) is 9.34. The van der Waals surface area contributed by atoms with E-state index in [1.54, 1.807) is 20.3 Å². The molecular formula is C24H31N2O2P. The number of methoxy groups -OCH3 is 1. The van der Waals surface area contributed by atoms with E-state index in [0.29, 0.717) is 6.42 Å². The van der Waals surface area contributed by atoms with E-state index in [9.17, 15) is 4.79 Å². The molecule has 0 bridgehead atoms. The second kappa shape index (κ2) is 14.3. The molecule has 1 aromatic heterocycles. The van der Waals surface area contributed by atoms with E-state index in [-0.39, 0.29) is 13.5 Å². The van der Waals surface area contributed by atoms with Crippen molar-refractivity contribution in [3.05, 3.63) is 71.9 Å². The van der Waals surface area contributed by atoms with Crippen molar-refractivity contribution in [2.75, 3.05) is 13.7 Å². The molecule has 1 aromatic carbocycles. The predicted molar refractivity (Wildman–Crippen MR) is 126 cm³/mol. The van der Waals surface area contributed by atoms with E-state index >= 15 is 0 Å². The van der Waals surface area contributed by atoms with Gasteiger partial charge in [0, 0.05) is 31.6 Å². The molecule has 1 atom stereocenters. The van der Waals surface area contributed by atoms with E-state index in [1.807, 2.05) is 12.2 Å². The lowest BCUT2D eigenvalue weighted by molar-refractivity contribution is -0.116. The minimum atomic E-state index is -0.280. The van der Waals surface area contributed by atoms with Gasteiger partial charge in [-0.1, -0.05) is 36.4 Å². The van der Waals surface area contributed by atoms with E-state index in [1.165, 1.54) is 16.7 Å². The summed E-state index contributed by atoms with van der Waals surface area (Å²) in [6, 6.07) is 8.53. The SMILES string of the molecule is C#C.CO/C=C\C=C\CNCp1ccn1/C=C(\C)c1ccc(CCC(C)=O)cc1. The lowest BCUT2D eigenvalue weighted by Gasteiger charge is -2.16. The van der Waals surface area contributed by atoms with Gasteiger partial charge >= 0.3 is 0 Å². The first-order valence-corrected chi connectivity index (χ1v) is 11.0. The van der Waals surface area contributed by atoms with Crippen LogP contribution in [-0.4, -0.2) is 23.8 Å². The van der Waals surface area contributed by atoms with Crippen LogP contribution in [0, 0.1) is 12.8 Å². The maximum Gasteiger partial charge on any atom is 0.130 e. The van der Waals surface area contributed by atoms with Gasteiger partial charge in [0.25, 0.3) is 0 Å². The molecule has 0 saturated carbocycles. The summed E-state index contributed by atoms with van der Waals surface area (Å²) in [5.41, 5.74) is 3.68. The fourth-order valence-corrected chi connectivity index (χ4v) is 3.97. The number of Topliss-reactive ketones (excluding diaryl/α,β-unsaturated/α-hetero) is 1. The lowest BCUT2D eigenvalue weighted by atomic mass is 10.0. The number of carbonyl (C=O) groups is 1. The van der Waals surface area contributed by atoms with Crippen molar-refractivity contribution in [3.63, 3.8) is 0 Å². The Hall–Kier alpha value is -2.73. The van der Waals surface area contributed by atoms with Crippen molar-refractivity contribution in [3.8, 4) is 12.8 Å². The number of hydrogen-bond acceptors (Lipinski definition) is 3. The minimum Gasteiger partial charge on any atom is -0.504 e. The van der Waals surface area contributed by atoms with Gasteiger partial charge in [-0.2, -0.15) is 0 Å². The highest BCUT2D eigenvalue weighted by atomic mass is 31.1. The van der Waals surface area contributed by atoms with Crippen LogP contribution in [0.2, 0.25) is 0 Å². The van der Waals surface area contributed by atoms with E-state index in [0.717, 1.165) is 19.3 Å². The Morgan fingerprint density at radius 1 is 1.21 bits per heavy atom. The molecular weight excluding hydrogens is 379 g/mol. The van der Waals surface area contributed by atoms with Crippen molar-refractivity contribution in [2.45, 2.75) is 33.0 Å². The molecule has 2 aromatic rings. The van der Waals surface area contributed by atoms with Gasteiger partial charge in [-0.05, 0) is 56.5 Å². The summed E-state index contributed by atoms with van der Waals surface area (Å²) in [6.45, 7) is 4.63. The lowest BCUT2D eigenvalue weighted by Crippen LogP contribution is -2.11. The maximum absolute atomic E-state index is 11.1. The molecule has 0 aliphatic carbocycles. The Morgan fingerprint density at radius 3 is 2.52 bits per heavy atom. The average molecular weight is 410 g/mol. The van der Waals surface area contributed by atoms with Crippen molar-refractivity contribution in [1.82, 2.24) is 9.65 Å².